The quantitative estimate of drug-likeness (QED) is 0.422. The number of aliphatic hydroxyl groups excluding tert-OH is 1. The molecule has 0 aliphatic heterocycles. The highest BCUT2D eigenvalue weighted by Crippen LogP contribution is 2.55. The topological polar surface area (TPSA) is 84.9 Å². The molecule has 0 aromatic carbocycles. The summed E-state index contributed by atoms with van der Waals surface area (Å²) in [5.74, 6) is -1.39. The second-order valence-electron chi connectivity index (χ2n) is 2.38. The Labute approximate surface area is 82.4 Å². The van der Waals surface area contributed by atoms with E-state index in [9.17, 15) is 14.5 Å². The van der Waals surface area contributed by atoms with Crippen molar-refractivity contribution in [2.45, 2.75) is 6.92 Å². The Balaban J connectivity index is 5.17. The maximum Gasteiger partial charge on any atom is 0.360 e. The molecule has 0 saturated carbocycles. The third kappa shape index (κ3) is 2.57. The first-order valence-electron chi connectivity index (χ1n) is 3.77. The minimum atomic E-state index is -3.53. The summed E-state index contributed by atoms with van der Waals surface area (Å²) in [5, 5.41) is 11.4. The molecule has 2 N–H and O–H groups in total. The monoisotopic (exact) mass is 223 g/mol. The summed E-state index contributed by atoms with van der Waals surface area (Å²) < 4.78 is 20.9. The van der Waals surface area contributed by atoms with Gasteiger partial charge < -0.3 is 19.5 Å². The molecule has 7 heteroatoms. The molecule has 82 valence electrons. The van der Waals surface area contributed by atoms with Crippen LogP contribution in [0.5, 0.6) is 0 Å². The molecular formula is C7H14NO5P. The molecule has 0 spiro atoms. The fourth-order valence-electron chi connectivity index (χ4n) is 0.761. The number of amides is 1. The van der Waals surface area contributed by atoms with Gasteiger partial charge in [-0.3, -0.25) is 9.36 Å². The predicted molar refractivity (Wildman–Crippen MR) is 51.0 cm³/mol. The molecule has 0 aromatic rings. The van der Waals surface area contributed by atoms with E-state index in [1.807, 2.05) is 0 Å². The van der Waals surface area contributed by atoms with E-state index in [1.54, 1.807) is 0 Å². The van der Waals surface area contributed by atoms with Crippen LogP contribution in [0.4, 0.5) is 0 Å². The molecule has 6 nitrogen and oxygen atoms in total. The van der Waals surface area contributed by atoms with Gasteiger partial charge in [0.1, 0.15) is 0 Å². The first-order chi connectivity index (χ1) is 6.42. The summed E-state index contributed by atoms with van der Waals surface area (Å²) in [5.41, 5.74) is 0. The minimum Gasteiger partial charge on any atom is -0.503 e. The first-order valence-corrected chi connectivity index (χ1v) is 5.31. The van der Waals surface area contributed by atoms with E-state index < -0.39 is 19.3 Å². The lowest BCUT2D eigenvalue weighted by atomic mass is 10.4. The van der Waals surface area contributed by atoms with Gasteiger partial charge in [-0.05, 0) is 6.92 Å². The Morgan fingerprint density at radius 2 is 1.79 bits per heavy atom. The van der Waals surface area contributed by atoms with E-state index in [2.05, 4.69) is 14.4 Å². The van der Waals surface area contributed by atoms with Crippen molar-refractivity contribution < 1.29 is 23.5 Å². The fraction of sp³-hybridized carbons (Fsp3) is 0.571. The van der Waals surface area contributed by atoms with Crippen LogP contribution in [-0.4, -0.2) is 32.3 Å². The highest BCUT2D eigenvalue weighted by Gasteiger charge is 2.29. The van der Waals surface area contributed by atoms with Crippen LogP contribution >= 0.6 is 7.60 Å². The molecule has 0 rings (SSSR count). The number of carbonyl (C=O) groups is 1. The van der Waals surface area contributed by atoms with Gasteiger partial charge in [0, 0.05) is 21.3 Å². The summed E-state index contributed by atoms with van der Waals surface area (Å²) in [6.45, 7) is 1.30. The van der Waals surface area contributed by atoms with Crippen LogP contribution in [0.15, 0.2) is 11.1 Å². The number of hydrogen-bond donors (Lipinski definition) is 2. The lowest BCUT2D eigenvalue weighted by Crippen LogP contribution is -2.21. The second kappa shape index (κ2) is 5.14. The molecule has 0 bridgehead atoms. The van der Waals surface area contributed by atoms with Crippen molar-refractivity contribution in [3.05, 3.63) is 11.1 Å². The molecule has 0 fully saturated rings. The zero-order valence-corrected chi connectivity index (χ0v) is 9.42. The van der Waals surface area contributed by atoms with Gasteiger partial charge in [0.2, 0.25) is 0 Å². The highest BCUT2D eigenvalue weighted by molar-refractivity contribution is 7.58. The molecule has 0 radical (unpaired) electrons. The smallest absolute Gasteiger partial charge is 0.360 e. The van der Waals surface area contributed by atoms with Gasteiger partial charge >= 0.3 is 7.60 Å². The zero-order valence-electron chi connectivity index (χ0n) is 8.53. The maximum absolute atomic E-state index is 11.7. The van der Waals surface area contributed by atoms with E-state index in [0.29, 0.717) is 0 Å². The third-order valence-corrected chi connectivity index (χ3v) is 3.67. The summed E-state index contributed by atoms with van der Waals surface area (Å²) in [6, 6.07) is 0. The SMILES string of the molecule is CNC(=O)/C(O)=C(/C)P(=O)(OC)OC. The van der Waals surface area contributed by atoms with Crippen LogP contribution < -0.4 is 5.32 Å². The van der Waals surface area contributed by atoms with Crippen molar-refractivity contribution in [1.82, 2.24) is 5.32 Å². The van der Waals surface area contributed by atoms with Gasteiger partial charge in [-0.2, -0.15) is 0 Å². The van der Waals surface area contributed by atoms with Crippen LogP contribution in [0, 0.1) is 0 Å². The normalized spacial score (nSPS) is 13.4. The van der Waals surface area contributed by atoms with Gasteiger partial charge in [0.05, 0.1) is 5.31 Å². The molecule has 0 aliphatic carbocycles. The Morgan fingerprint density at radius 1 is 1.36 bits per heavy atom. The summed E-state index contributed by atoms with van der Waals surface area (Å²) in [4.78, 5) is 11.0. The van der Waals surface area contributed by atoms with Crippen LogP contribution in [-0.2, 0) is 18.4 Å². The number of hydrogen-bond acceptors (Lipinski definition) is 5. The molecule has 1 amide bonds. The van der Waals surface area contributed by atoms with Crippen LogP contribution in [0.3, 0.4) is 0 Å². The average Bonchev–Trinajstić information content (AvgIpc) is 2.24. The lowest BCUT2D eigenvalue weighted by Gasteiger charge is -2.14. The maximum atomic E-state index is 11.7. The Morgan fingerprint density at radius 3 is 2.07 bits per heavy atom. The summed E-state index contributed by atoms with van der Waals surface area (Å²) in [7, 11) is 0.160. The number of carbonyl (C=O) groups excluding carboxylic acids is 1. The Kier molecular flexibility index (Phi) is 4.83. The summed E-state index contributed by atoms with van der Waals surface area (Å²) in [6.07, 6.45) is 0. The van der Waals surface area contributed by atoms with E-state index in [0.717, 1.165) is 0 Å². The van der Waals surface area contributed by atoms with E-state index >= 15 is 0 Å². The second-order valence-corrected chi connectivity index (χ2v) is 4.77. The lowest BCUT2D eigenvalue weighted by molar-refractivity contribution is -0.119. The Hall–Kier alpha value is -0.840. The third-order valence-electron chi connectivity index (χ3n) is 1.68. The highest BCUT2D eigenvalue weighted by atomic mass is 31.2. The minimum absolute atomic E-state index is 0.123. The number of allylic oxidation sites excluding steroid dienone is 1. The van der Waals surface area contributed by atoms with Crippen molar-refractivity contribution in [1.29, 1.82) is 0 Å². The van der Waals surface area contributed by atoms with Crippen molar-refractivity contribution >= 4 is 13.5 Å². The average molecular weight is 223 g/mol. The molecule has 14 heavy (non-hydrogen) atoms. The largest absolute Gasteiger partial charge is 0.503 e. The number of nitrogens with one attached hydrogen (secondary N) is 1. The zero-order chi connectivity index (χ0) is 11.4. The number of aliphatic hydroxyl groups is 1. The fourth-order valence-corrected chi connectivity index (χ4v) is 1.82. The van der Waals surface area contributed by atoms with Gasteiger partial charge in [-0.15, -0.1) is 0 Å². The van der Waals surface area contributed by atoms with E-state index in [4.69, 9.17) is 0 Å². The van der Waals surface area contributed by atoms with Crippen molar-refractivity contribution in [2.75, 3.05) is 21.3 Å². The molecule has 0 aliphatic rings. The van der Waals surface area contributed by atoms with Gasteiger partial charge in [-0.25, -0.2) is 0 Å². The van der Waals surface area contributed by atoms with Gasteiger partial charge in [-0.1, -0.05) is 0 Å². The molecule has 0 atom stereocenters. The predicted octanol–water partition coefficient (Wildman–Crippen LogP) is 1.01. The van der Waals surface area contributed by atoms with Crippen molar-refractivity contribution in [3.8, 4) is 0 Å². The van der Waals surface area contributed by atoms with Crippen molar-refractivity contribution in [2.24, 2.45) is 0 Å². The molecular weight excluding hydrogens is 209 g/mol. The van der Waals surface area contributed by atoms with Crippen LogP contribution in [0.25, 0.3) is 0 Å². The van der Waals surface area contributed by atoms with Crippen LogP contribution in [0.2, 0.25) is 0 Å². The van der Waals surface area contributed by atoms with Crippen LogP contribution in [0.1, 0.15) is 6.92 Å². The number of likely N-dealkylation sites (N-methyl/N-ethyl adjacent to an activating group) is 1. The molecule has 0 heterocycles. The van der Waals surface area contributed by atoms with E-state index in [1.165, 1.54) is 28.2 Å². The first kappa shape index (κ1) is 13.2. The molecule has 0 saturated heterocycles. The molecule has 0 unspecified atom stereocenters. The Bertz CT molecular complexity index is 290. The molecule has 0 aromatic heterocycles. The van der Waals surface area contributed by atoms with Gasteiger partial charge in [0.25, 0.3) is 5.91 Å². The number of rotatable bonds is 4. The van der Waals surface area contributed by atoms with E-state index in [-0.39, 0.29) is 5.31 Å². The standard InChI is InChI=1S/C7H14NO5P/c1-5(6(9)7(10)8-2)14(11,12-3)13-4/h9H,1-4H3,(H,8,10)/b6-5+. The van der Waals surface area contributed by atoms with Crippen molar-refractivity contribution in [3.63, 3.8) is 0 Å². The summed E-state index contributed by atoms with van der Waals surface area (Å²) >= 11 is 0. The van der Waals surface area contributed by atoms with Gasteiger partial charge in [0.15, 0.2) is 5.76 Å².